The second kappa shape index (κ2) is 6.31. The number of nitrogens with zero attached hydrogens (tertiary/aromatic N) is 2. The fourth-order valence-corrected chi connectivity index (χ4v) is 3.09. The number of aryl methyl sites for hydroxylation is 2. The van der Waals surface area contributed by atoms with Crippen LogP contribution in [0.1, 0.15) is 42.8 Å². The van der Waals surface area contributed by atoms with Gasteiger partial charge < -0.3 is 10.2 Å². The van der Waals surface area contributed by atoms with Crippen LogP contribution in [0.2, 0.25) is 0 Å². The summed E-state index contributed by atoms with van der Waals surface area (Å²) in [4.78, 5) is 0. The Morgan fingerprint density at radius 1 is 1.25 bits per heavy atom. The molecule has 1 aromatic heterocycles. The average Bonchev–Trinajstić information content (AvgIpc) is 2.88. The summed E-state index contributed by atoms with van der Waals surface area (Å²) in [5.41, 5.74) is 8.07. The maximum atomic E-state index is 5.85. The molecule has 1 aromatic rings. The van der Waals surface area contributed by atoms with E-state index >= 15 is 0 Å². The molecule has 0 aromatic carbocycles. The van der Waals surface area contributed by atoms with Gasteiger partial charge in [-0.3, -0.25) is 0 Å². The lowest BCUT2D eigenvalue weighted by atomic mass is 10.0. The minimum Gasteiger partial charge on any atom is -0.461 e. The summed E-state index contributed by atoms with van der Waals surface area (Å²) in [6.45, 7) is 0. The number of thioether (sulfide) groups is 1. The van der Waals surface area contributed by atoms with E-state index in [1.807, 2.05) is 0 Å². The zero-order valence-corrected chi connectivity index (χ0v) is 12.3. The summed E-state index contributed by atoms with van der Waals surface area (Å²) in [7, 11) is 0. The third-order valence-corrected chi connectivity index (χ3v) is 4.41. The lowest BCUT2D eigenvalue weighted by Crippen LogP contribution is -2.15. The molecule has 5 heteroatoms. The van der Waals surface area contributed by atoms with Crippen molar-refractivity contribution in [2.45, 2.75) is 38.5 Å². The first-order valence-electron chi connectivity index (χ1n) is 7.11. The number of unbranched alkanes of at least 4 members (excludes halogenated alkanes) is 1. The molecule has 4 nitrogen and oxygen atoms in total. The number of nitrogens with two attached hydrogens (primary N) is 1. The third kappa shape index (κ3) is 3.33. The molecule has 2 aliphatic rings. The van der Waals surface area contributed by atoms with Crippen LogP contribution in [-0.4, -0.2) is 16.6 Å². The van der Waals surface area contributed by atoms with Crippen LogP contribution in [0.5, 0.6) is 0 Å². The van der Waals surface area contributed by atoms with Gasteiger partial charge in [-0.2, -0.15) is 5.10 Å². The summed E-state index contributed by atoms with van der Waals surface area (Å²) in [6, 6.07) is 2.22. The number of fused-ring (bicyclic) bond motifs is 1. The highest BCUT2D eigenvalue weighted by molar-refractivity contribution is 8.14. The molecule has 0 bridgehead atoms. The molecule has 0 amide bonds. The molecule has 1 aliphatic carbocycles. The van der Waals surface area contributed by atoms with E-state index in [2.05, 4.69) is 28.4 Å². The van der Waals surface area contributed by atoms with Gasteiger partial charge in [-0.1, -0.05) is 17.8 Å². The van der Waals surface area contributed by atoms with E-state index in [-0.39, 0.29) is 0 Å². The van der Waals surface area contributed by atoms with E-state index in [0.717, 1.165) is 61.5 Å². The molecule has 1 aliphatic heterocycles. The first-order chi connectivity index (χ1) is 9.81. The van der Waals surface area contributed by atoms with Crippen LogP contribution in [0.15, 0.2) is 26.8 Å². The Morgan fingerprint density at radius 2 is 2.15 bits per heavy atom. The average molecular weight is 289 g/mol. The highest BCUT2D eigenvalue weighted by Crippen LogP contribution is 2.24. The van der Waals surface area contributed by atoms with E-state index in [0.29, 0.717) is 5.17 Å². The van der Waals surface area contributed by atoms with Crippen LogP contribution in [0.25, 0.3) is 6.08 Å². The summed E-state index contributed by atoms with van der Waals surface area (Å²) in [6.07, 6.45) is 10.8. The SMILES string of the molecule is NC1=NN=C(CCCCc2cc3c(o2)C=CCC3)CS1. The highest BCUT2D eigenvalue weighted by Gasteiger charge is 2.11. The van der Waals surface area contributed by atoms with Gasteiger partial charge in [0, 0.05) is 12.2 Å². The van der Waals surface area contributed by atoms with Crippen molar-refractivity contribution in [3.63, 3.8) is 0 Å². The van der Waals surface area contributed by atoms with Crippen LogP contribution >= 0.6 is 11.8 Å². The molecule has 2 heterocycles. The van der Waals surface area contributed by atoms with Gasteiger partial charge >= 0.3 is 0 Å². The molecule has 106 valence electrons. The van der Waals surface area contributed by atoms with Crippen LogP contribution in [0.4, 0.5) is 0 Å². The van der Waals surface area contributed by atoms with Gasteiger partial charge in [-0.05, 0) is 49.8 Å². The van der Waals surface area contributed by atoms with Crippen molar-refractivity contribution in [3.05, 3.63) is 29.2 Å². The lowest BCUT2D eigenvalue weighted by molar-refractivity contribution is 0.488. The Kier molecular flexibility index (Phi) is 4.25. The highest BCUT2D eigenvalue weighted by atomic mass is 32.2. The molecule has 0 fully saturated rings. The quantitative estimate of drug-likeness (QED) is 0.845. The Hall–Kier alpha value is -1.49. The van der Waals surface area contributed by atoms with Crippen molar-refractivity contribution in [3.8, 4) is 0 Å². The smallest absolute Gasteiger partial charge is 0.180 e. The first kappa shape index (κ1) is 13.5. The number of rotatable bonds is 5. The fourth-order valence-electron chi connectivity index (χ4n) is 2.48. The molecule has 0 unspecified atom stereocenters. The Labute approximate surface area is 123 Å². The zero-order chi connectivity index (χ0) is 13.8. The number of amidine groups is 1. The largest absolute Gasteiger partial charge is 0.461 e. The molecule has 0 radical (unpaired) electrons. The molecule has 0 atom stereocenters. The molecule has 0 spiro atoms. The van der Waals surface area contributed by atoms with Gasteiger partial charge in [-0.15, -0.1) is 5.10 Å². The van der Waals surface area contributed by atoms with Gasteiger partial charge in [0.25, 0.3) is 0 Å². The standard InChI is InChI=1S/C15H19N3OS/c16-15-18-17-12(10-20-15)6-2-3-7-13-9-11-5-1-4-8-14(11)19-13/h4,8-9H,1-3,5-7,10H2,(H2,16,18). The van der Waals surface area contributed by atoms with Crippen LogP contribution in [-0.2, 0) is 12.8 Å². The Morgan fingerprint density at radius 3 is 2.95 bits per heavy atom. The fraction of sp³-hybridized carbons (Fsp3) is 0.467. The summed E-state index contributed by atoms with van der Waals surface area (Å²) >= 11 is 1.57. The lowest BCUT2D eigenvalue weighted by Gasteiger charge is -2.08. The molecule has 0 saturated heterocycles. The monoisotopic (exact) mass is 289 g/mol. The van der Waals surface area contributed by atoms with Crippen molar-refractivity contribution in [2.24, 2.45) is 15.9 Å². The van der Waals surface area contributed by atoms with E-state index < -0.39 is 0 Å². The first-order valence-corrected chi connectivity index (χ1v) is 8.09. The van der Waals surface area contributed by atoms with Crippen molar-refractivity contribution >= 4 is 28.7 Å². The minimum atomic E-state index is 0.572. The molecular formula is C15H19N3OS. The topological polar surface area (TPSA) is 63.9 Å². The third-order valence-electron chi connectivity index (χ3n) is 3.56. The number of hydrogen-bond acceptors (Lipinski definition) is 5. The number of hydrogen-bond donors (Lipinski definition) is 1. The van der Waals surface area contributed by atoms with Crippen molar-refractivity contribution in [2.75, 3.05) is 5.75 Å². The zero-order valence-electron chi connectivity index (χ0n) is 11.5. The van der Waals surface area contributed by atoms with E-state index in [1.165, 1.54) is 5.56 Å². The van der Waals surface area contributed by atoms with Gasteiger partial charge in [0.1, 0.15) is 11.5 Å². The van der Waals surface area contributed by atoms with E-state index in [1.54, 1.807) is 11.8 Å². The predicted octanol–water partition coefficient (Wildman–Crippen LogP) is 3.37. The van der Waals surface area contributed by atoms with Crippen LogP contribution in [0.3, 0.4) is 0 Å². The Balaban J connectivity index is 1.44. The minimum absolute atomic E-state index is 0.572. The molecule has 3 rings (SSSR count). The second-order valence-corrected chi connectivity index (χ2v) is 6.14. The molecule has 20 heavy (non-hydrogen) atoms. The summed E-state index contributed by atoms with van der Waals surface area (Å²) in [5, 5.41) is 8.62. The van der Waals surface area contributed by atoms with Crippen LogP contribution in [0, 0.1) is 0 Å². The van der Waals surface area contributed by atoms with Crippen molar-refractivity contribution in [1.29, 1.82) is 0 Å². The Bertz CT molecular complexity index is 572. The normalized spacial score (nSPS) is 17.6. The maximum absolute atomic E-state index is 5.85. The van der Waals surface area contributed by atoms with Gasteiger partial charge in [0.05, 0.1) is 5.71 Å². The van der Waals surface area contributed by atoms with Crippen molar-refractivity contribution in [1.82, 2.24) is 0 Å². The van der Waals surface area contributed by atoms with Gasteiger partial charge in [0.15, 0.2) is 5.17 Å². The molecule has 2 N–H and O–H groups in total. The number of allylic oxidation sites excluding steroid dienone is 1. The van der Waals surface area contributed by atoms with E-state index in [9.17, 15) is 0 Å². The van der Waals surface area contributed by atoms with Crippen LogP contribution < -0.4 is 5.73 Å². The summed E-state index contributed by atoms with van der Waals surface area (Å²) in [5.74, 6) is 3.06. The van der Waals surface area contributed by atoms with Crippen molar-refractivity contribution < 1.29 is 4.42 Å². The maximum Gasteiger partial charge on any atom is 0.180 e. The predicted molar refractivity (Wildman–Crippen MR) is 85.1 cm³/mol. The second-order valence-electron chi connectivity index (χ2n) is 5.14. The number of furan rings is 1. The van der Waals surface area contributed by atoms with Gasteiger partial charge in [-0.25, -0.2) is 0 Å². The summed E-state index contributed by atoms with van der Waals surface area (Å²) < 4.78 is 5.85. The van der Waals surface area contributed by atoms with Gasteiger partial charge in [0.2, 0.25) is 0 Å². The molecule has 0 saturated carbocycles. The molecular weight excluding hydrogens is 270 g/mol. The van der Waals surface area contributed by atoms with E-state index in [4.69, 9.17) is 10.2 Å².